The lowest BCUT2D eigenvalue weighted by molar-refractivity contribution is 0.432. The van der Waals surface area contributed by atoms with Gasteiger partial charge in [0, 0.05) is 12.1 Å². The molecular weight excluding hydrogens is 202 g/mol. The average molecular weight is 217 g/mol. The molecule has 1 heterocycles. The van der Waals surface area contributed by atoms with E-state index in [1.54, 1.807) is 0 Å². The first-order valence-electron chi connectivity index (χ1n) is 5.53. The summed E-state index contributed by atoms with van der Waals surface area (Å²) >= 11 is 0. The van der Waals surface area contributed by atoms with Gasteiger partial charge in [-0.3, -0.25) is 0 Å². The van der Waals surface area contributed by atoms with Gasteiger partial charge < -0.3 is 9.84 Å². The largest absolute Gasteiger partial charge is 0.352 e. The van der Waals surface area contributed by atoms with Crippen LogP contribution in [0.3, 0.4) is 0 Å². The molecule has 0 aliphatic carbocycles. The van der Waals surface area contributed by atoms with E-state index in [2.05, 4.69) is 22.4 Å². The van der Waals surface area contributed by atoms with E-state index in [4.69, 9.17) is 4.52 Å². The topological polar surface area (TPSA) is 51.0 Å². The standard InChI is InChI=1S/C12H15N3O/c1-2-3-9-13-12-14-11(16-15-12)10-7-5-4-6-8-10/h4-8H,2-3,9H2,1H3,(H,13,15). The molecule has 0 saturated heterocycles. The number of unbranched alkanes of at least 4 members (excludes halogenated alkanes) is 1. The molecule has 0 aliphatic heterocycles. The third-order valence-corrected chi connectivity index (χ3v) is 2.26. The molecule has 0 aliphatic rings. The second-order valence-electron chi connectivity index (χ2n) is 3.57. The molecule has 1 aromatic carbocycles. The zero-order valence-electron chi connectivity index (χ0n) is 9.31. The number of rotatable bonds is 5. The predicted molar refractivity (Wildman–Crippen MR) is 63.1 cm³/mol. The highest BCUT2D eigenvalue weighted by molar-refractivity contribution is 5.53. The normalized spacial score (nSPS) is 10.3. The maximum atomic E-state index is 5.16. The third-order valence-electron chi connectivity index (χ3n) is 2.26. The summed E-state index contributed by atoms with van der Waals surface area (Å²) in [5.41, 5.74) is 0.943. The molecule has 0 atom stereocenters. The minimum absolute atomic E-state index is 0.555. The molecular formula is C12H15N3O. The smallest absolute Gasteiger partial charge is 0.263 e. The van der Waals surface area contributed by atoms with Crippen LogP contribution in [-0.4, -0.2) is 16.7 Å². The van der Waals surface area contributed by atoms with Crippen LogP contribution in [0.15, 0.2) is 34.9 Å². The lowest BCUT2D eigenvalue weighted by Crippen LogP contribution is -2.01. The Hall–Kier alpha value is -1.84. The van der Waals surface area contributed by atoms with Crippen LogP contribution in [0.5, 0.6) is 0 Å². The van der Waals surface area contributed by atoms with Gasteiger partial charge in [-0.1, -0.05) is 31.5 Å². The number of anilines is 1. The summed E-state index contributed by atoms with van der Waals surface area (Å²) in [6, 6.07) is 9.75. The van der Waals surface area contributed by atoms with Crippen LogP contribution in [-0.2, 0) is 0 Å². The van der Waals surface area contributed by atoms with Gasteiger partial charge in [0.25, 0.3) is 11.8 Å². The highest BCUT2D eigenvalue weighted by atomic mass is 16.5. The summed E-state index contributed by atoms with van der Waals surface area (Å²) < 4.78 is 5.16. The first-order chi connectivity index (χ1) is 7.90. The Morgan fingerprint density at radius 1 is 1.25 bits per heavy atom. The Morgan fingerprint density at radius 3 is 2.81 bits per heavy atom. The van der Waals surface area contributed by atoms with Gasteiger partial charge in [-0.15, -0.1) is 0 Å². The van der Waals surface area contributed by atoms with E-state index in [-0.39, 0.29) is 0 Å². The van der Waals surface area contributed by atoms with Crippen molar-refractivity contribution in [3.63, 3.8) is 0 Å². The maximum Gasteiger partial charge on any atom is 0.263 e. The number of aromatic nitrogens is 2. The molecule has 16 heavy (non-hydrogen) atoms. The monoisotopic (exact) mass is 217 g/mol. The van der Waals surface area contributed by atoms with Gasteiger partial charge in [0.15, 0.2) is 0 Å². The molecule has 0 fully saturated rings. The van der Waals surface area contributed by atoms with Crippen molar-refractivity contribution in [2.24, 2.45) is 0 Å². The second kappa shape index (κ2) is 5.30. The van der Waals surface area contributed by atoms with E-state index in [1.165, 1.54) is 0 Å². The molecule has 84 valence electrons. The van der Waals surface area contributed by atoms with E-state index >= 15 is 0 Å². The Balaban J connectivity index is 2.02. The summed E-state index contributed by atoms with van der Waals surface area (Å²) in [6.45, 7) is 3.03. The molecule has 0 radical (unpaired) electrons. The van der Waals surface area contributed by atoms with Gasteiger partial charge in [-0.05, 0) is 23.7 Å². The number of hydrogen-bond acceptors (Lipinski definition) is 4. The highest BCUT2D eigenvalue weighted by Gasteiger charge is 2.06. The number of nitrogens with one attached hydrogen (secondary N) is 1. The van der Waals surface area contributed by atoms with E-state index in [1.807, 2.05) is 30.3 Å². The van der Waals surface area contributed by atoms with Crippen LogP contribution in [0.1, 0.15) is 19.8 Å². The fourth-order valence-corrected chi connectivity index (χ4v) is 1.37. The first-order valence-corrected chi connectivity index (χ1v) is 5.53. The number of nitrogens with zero attached hydrogens (tertiary/aromatic N) is 2. The number of hydrogen-bond donors (Lipinski definition) is 1. The van der Waals surface area contributed by atoms with Crippen molar-refractivity contribution in [2.75, 3.05) is 11.9 Å². The van der Waals surface area contributed by atoms with Crippen LogP contribution in [0.25, 0.3) is 11.5 Å². The molecule has 4 heteroatoms. The number of benzene rings is 1. The lowest BCUT2D eigenvalue weighted by Gasteiger charge is -1.96. The van der Waals surface area contributed by atoms with E-state index in [0.29, 0.717) is 11.8 Å². The van der Waals surface area contributed by atoms with Crippen molar-refractivity contribution in [1.82, 2.24) is 10.1 Å². The van der Waals surface area contributed by atoms with Gasteiger partial charge in [0.2, 0.25) is 0 Å². The van der Waals surface area contributed by atoms with Crippen molar-refractivity contribution < 1.29 is 4.52 Å². The summed E-state index contributed by atoms with van der Waals surface area (Å²) in [5.74, 6) is 1.12. The van der Waals surface area contributed by atoms with E-state index < -0.39 is 0 Å². The van der Waals surface area contributed by atoms with Crippen LogP contribution in [0.2, 0.25) is 0 Å². The zero-order chi connectivity index (χ0) is 11.2. The Labute approximate surface area is 94.7 Å². The van der Waals surface area contributed by atoms with Crippen molar-refractivity contribution in [3.8, 4) is 11.5 Å². The molecule has 0 amide bonds. The summed E-state index contributed by atoms with van der Waals surface area (Å²) in [5, 5.41) is 6.99. The molecule has 1 aromatic heterocycles. The van der Waals surface area contributed by atoms with Crippen molar-refractivity contribution in [3.05, 3.63) is 30.3 Å². The lowest BCUT2D eigenvalue weighted by atomic mass is 10.2. The molecule has 0 saturated carbocycles. The van der Waals surface area contributed by atoms with Gasteiger partial charge in [0.05, 0.1) is 0 Å². The first kappa shape index (κ1) is 10.7. The molecule has 0 bridgehead atoms. The Morgan fingerprint density at radius 2 is 2.06 bits per heavy atom. The quantitative estimate of drug-likeness (QED) is 0.782. The minimum atomic E-state index is 0.555. The highest BCUT2D eigenvalue weighted by Crippen LogP contribution is 2.17. The van der Waals surface area contributed by atoms with E-state index in [0.717, 1.165) is 24.9 Å². The van der Waals surface area contributed by atoms with Crippen LogP contribution in [0.4, 0.5) is 5.95 Å². The third kappa shape index (κ3) is 2.59. The predicted octanol–water partition coefficient (Wildman–Crippen LogP) is 2.95. The zero-order valence-corrected chi connectivity index (χ0v) is 9.31. The van der Waals surface area contributed by atoms with Gasteiger partial charge in [-0.2, -0.15) is 4.98 Å². The van der Waals surface area contributed by atoms with Gasteiger partial charge >= 0.3 is 0 Å². The maximum absolute atomic E-state index is 5.16. The fraction of sp³-hybridized carbons (Fsp3) is 0.333. The molecule has 1 N–H and O–H groups in total. The summed E-state index contributed by atoms with van der Waals surface area (Å²) in [6.07, 6.45) is 2.26. The molecule has 0 unspecified atom stereocenters. The molecule has 0 spiro atoms. The van der Waals surface area contributed by atoms with Crippen LogP contribution >= 0.6 is 0 Å². The summed E-state index contributed by atoms with van der Waals surface area (Å²) in [7, 11) is 0. The van der Waals surface area contributed by atoms with Crippen molar-refractivity contribution in [1.29, 1.82) is 0 Å². The Bertz CT molecular complexity index is 425. The molecule has 4 nitrogen and oxygen atoms in total. The van der Waals surface area contributed by atoms with Gasteiger partial charge in [0.1, 0.15) is 0 Å². The van der Waals surface area contributed by atoms with Crippen LogP contribution < -0.4 is 5.32 Å². The second-order valence-corrected chi connectivity index (χ2v) is 3.57. The minimum Gasteiger partial charge on any atom is -0.352 e. The SMILES string of the molecule is CCCCNc1noc(-c2ccccc2)n1. The molecule has 2 rings (SSSR count). The summed E-state index contributed by atoms with van der Waals surface area (Å²) in [4.78, 5) is 4.26. The van der Waals surface area contributed by atoms with Crippen molar-refractivity contribution in [2.45, 2.75) is 19.8 Å². The van der Waals surface area contributed by atoms with Gasteiger partial charge in [-0.25, -0.2) is 0 Å². The fourth-order valence-electron chi connectivity index (χ4n) is 1.37. The van der Waals surface area contributed by atoms with Crippen LogP contribution in [0, 0.1) is 0 Å². The van der Waals surface area contributed by atoms with E-state index in [9.17, 15) is 0 Å². The average Bonchev–Trinajstić information content (AvgIpc) is 2.79. The molecule has 2 aromatic rings. The Kier molecular flexibility index (Phi) is 3.53. The van der Waals surface area contributed by atoms with Crippen molar-refractivity contribution >= 4 is 5.95 Å².